The van der Waals surface area contributed by atoms with Gasteiger partial charge >= 0.3 is 0 Å². The highest BCUT2D eigenvalue weighted by Crippen LogP contribution is 2.31. The van der Waals surface area contributed by atoms with E-state index in [2.05, 4.69) is 5.32 Å². The van der Waals surface area contributed by atoms with Gasteiger partial charge in [0.2, 0.25) is 6.10 Å². The Balaban J connectivity index is 2.06. The zero-order valence-corrected chi connectivity index (χ0v) is 12.8. The van der Waals surface area contributed by atoms with Crippen LogP contribution in [-0.2, 0) is 9.59 Å². The lowest BCUT2D eigenvalue weighted by atomic mass is 9.84. The SMILES string of the molecule is CC(=O)C(NC(=O)C1COc2ccccc2O1)C(C)(C)C. The van der Waals surface area contributed by atoms with Gasteiger partial charge in [-0.2, -0.15) is 0 Å². The zero-order chi connectivity index (χ0) is 15.6. The number of nitrogens with one attached hydrogen (secondary N) is 1. The number of fused-ring (bicyclic) bond motifs is 1. The Morgan fingerprint density at radius 1 is 1.24 bits per heavy atom. The number of hydrogen-bond donors (Lipinski definition) is 1. The van der Waals surface area contributed by atoms with Gasteiger partial charge in [0.1, 0.15) is 6.61 Å². The summed E-state index contributed by atoms with van der Waals surface area (Å²) in [5, 5.41) is 2.76. The number of carbonyl (C=O) groups is 2. The molecule has 21 heavy (non-hydrogen) atoms. The van der Waals surface area contributed by atoms with Crippen molar-refractivity contribution in [2.45, 2.75) is 39.8 Å². The first-order chi connectivity index (χ1) is 9.79. The molecule has 0 saturated heterocycles. The summed E-state index contributed by atoms with van der Waals surface area (Å²) in [5.41, 5.74) is -0.352. The third-order valence-electron chi connectivity index (χ3n) is 3.36. The second-order valence-corrected chi connectivity index (χ2v) is 6.28. The number of ether oxygens (including phenoxy) is 2. The molecular formula is C16H21NO4. The molecule has 0 fully saturated rings. The fourth-order valence-electron chi connectivity index (χ4n) is 2.31. The van der Waals surface area contributed by atoms with Crippen LogP contribution in [0.1, 0.15) is 27.7 Å². The van der Waals surface area contributed by atoms with E-state index in [0.29, 0.717) is 11.5 Å². The average molecular weight is 291 g/mol. The zero-order valence-electron chi connectivity index (χ0n) is 12.8. The van der Waals surface area contributed by atoms with E-state index in [1.807, 2.05) is 32.9 Å². The lowest BCUT2D eigenvalue weighted by Gasteiger charge is -2.32. The van der Waals surface area contributed by atoms with Crippen LogP contribution in [0.25, 0.3) is 0 Å². The molecule has 0 aromatic heterocycles. The third kappa shape index (κ3) is 3.54. The van der Waals surface area contributed by atoms with Crippen LogP contribution in [0.5, 0.6) is 11.5 Å². The minimum atomic E-state index is -0.746. The minimum absolute atomic E-state index is 0.0759. The molecule has 1 aromatic carbocycles. The highest BCUT2D eigenvalue weighted by atomic mass is 16.6. The van der Waals surface area contributed by atoms with Crippen molar-refractivity contribution >= 4 is 11.7 Å². The molecule has 5 nitrogen and oxygen atoms in total. The number of benzene rings is 1. The van der Waals surface area contributed by atoms with Crippen LogP contribution in [0, 0.1) is 5.41 Å². The molecule has 1 heterocycles. The standard InChI is InChI=1S/C16H21NO4/c1-10(18)14(16(2,3)4)17-15(19)13-9-20-11-7-5-6-8-12(11)21-13/h5-8,13-14H,9H2,1-4H3,(H,17,19). The van der Waals surface area contributed by atoms with Crippen molar-refractivity contribution in [3.8, 4) is 11.5 Å². The van der Waals surface area contributed by atoms with Gasteiger partial charge in [-0.05, 0) is 24.5 Å². The van der Waals surface area contributed by atoms with Gasteiger partial charge in [0.05, 0.1) is 6.04 Å². The van der Waals surface area contributed by atoms with Crippen LogP contribution in [0.15, 0.2) is 24.3 Å². The van der Waals surface area contributed by atoms with Gasteiger partial charge in [-0.25, -0.2) is 0 Å². The highest BCUT2D eigenvalue weighted by Gasteiger charge is 2.34. The van der Waals surface area contributed by atoms with Crippen molar-refractivity contribution in [2.75, 3.05) is 6.61 Å². The van der Waals surface area contributed by atoms with E-state index in [1.165, 1.54) is 6.92 Å². The average Bonchev–Trinajstić information content (AvgIpc) is 2.42. The second kappa shape index (κ2) is 5.76. The summed E-state index contributed by atoms with van der Waals surface area (Å²) in [4.78, 5) is 24.0. The Kier molecular flexibility index (Phi) is 4.21. The van der Waals surface area contributed by atoms with Gasteiger partial charge in [-0.1, -0.05) is 32.9 Å². The van der Waals surface area contributed by atoms with E-state index >= 15 is 0 Å². The van der Waals surface area contributed by atoms with Gasteiger partial charge < -0.3 is 14.8 Å². The number of rotatable bonds is 3. The Labute approximate surface area is 124 Å². The Morgan fingerprint density at radius 2 is 1.86 bits per heavy atom. The molecule has 5 heteroatoms. The first-order valence-electron chi connectivity index (χ1n) is 6.98. The molecule has 0 saturated carbocycles. The Hall–Kier alpha value is -2.04. The van der Waals surface area contributed by atoms with Crippen molar-refractivity contribution in [1.29, 1.82) is 0 Å². The van der Waals surface area contributed by atoms with Crippen molar-refractivity contribution < 1.29 is 19.1 Å². The number of Topliss-reactive ketones (excluding diaryl/α,β-unsaturated/α-hetero) is 1. The van der Waals surface area contributed by atoms with Crippen molar-refractivity contribution in [2.24, 2.45) is 5.41 Å². The van der Waals surface area contributed by atoms with Crippen LogP contribution < -0.4 is 14.8 Å². The monoisotopic (exact) mass is 291 g/mol. The Morgan fingerprint density at radius 3 is 2.43 bits per heavy atom. The minimum Gasteiger partial charge on any atom is -0.485 e. The summed E-state index contributed by atoms with van der Waals surface area (Å²) in [6, 6.07) is 6.65. The predicted molar refractivity (Wildman–Crippen MR) is 78.4 cm³/mol. The van der Waals surface area contributed by atoms with Crippen molar-refractivity contribution in [3.63, 3.8) is 0 Å². The maximum atomic E-state index is 12.3. The van der Waals surface area contributed by atoms with Gasteiger partial charge in [-0.3, -0.25) is 9.59 Å². The first kappa shape index (κ1) is 15.4. The van der Waals surface area contributed by atoms with Crippen LogP contribution in [0.3, 0.4) is 0 Å². The molecule has 0 bridgehead atoms. The molecule has 2 atom stereocenters. The van der Waals surface area contributed by atoms with Gasteiger partial charge in [0.25, 0.3) is 5.91 Å². The molecule has 114 valence electrons. The molecule has 1 amide bonds. The molecule has 2 unspecified atom stereocenters. The maximum absolute atomic E-state index is 12.3. The topological polar surface area (TPSA) is 64.6 Å². The van der Waals surface area contributed by atoms with Gasteiger partial charge in [-0.15, -0.1) is 0 Å². The summed E-state index contributed by atoms with van der Waals surface area (Å²) in [7, 11) is 0. The van der Waals surface area contributed by atoms with Gasteiger partial charge in [0, 0.05) is 0 Å². The number of amides is 1. The van der Waals surface area contributed by atoms with Crippen LogP contribution in [0.4, 0.5) is 0 Å². The Bertz CT molecular complexity index is 547. The molecule has 0 aliphatic carbocycles. The predicted octanol–water partition coefficient (Wildman–Crippen LogP) is 1.95. The molecule has 0 spiro atoms. The molecule has 1 aliphatic rings. The first-order valence-corrected chi connectivity index (χ1v) is 6.98. The molecule has 1 N–H and O–H groups in total. The quantitative estimate of drug-likeness (QED) is 0.924. The van der Waals surface area contributed by atoms with Crippen molar-refractivity contribution in [1.82, 2.24) is 5.32 Å². The largest absolute Gasteiger partial charge is 0.485 e. The highest BCUT2D eigenvalue weighted by molar-refractivity contribution is 5.90. The van der Waals surface area contributed by atoms with Crippen LogP contribution in [-0.4, -0.2) is 30.4 Å². The van der Waals surface area contributed by atoms with E-state index in [0.717, 1.165) is 0 Å². The van der Waals surface area contributed by atoms with E-state index in [-0.39, 0.29) is 23.7 Å². The summed E-state index contributed by atoms with van der Waals surface area (Å²) in [5.74, 6) is 0.757. The normalized spacial score (nSPS) is 18.8. The molecule has 0 radical (unpaired) electrons. The number of para-hydroxylation sites is 2. The second-order valence-electron chi connectivity index (χ2n) is 6.28. The van der Waals surface area contributed by atoms with Crippen molar-refractivity contribution in [3.05, 3.63) is 24.3 Å². The summed E-state index contributed by atoms with van der Waals surface area (Å²) in [6.07, 6.45) is -0.746. The maximum Gasteiger partial charge on any atom is 0.265 e. The number of ketones is 1. The molecule has 1 aromatic rings. The number of carbonyl (C=O) groups excluding carboxylic acids is 2. The van der Waals surface area contributed by atoms with Crippen LogP contribution >= 0.6 is 0 Å². The summed E-state index contributed by atoms with van der Waals surface area (Å²) >= 11 is 0. The summed E-state index contributed by atoms with van der Waals surface area (Å²) in [6.45, 7) is 7.34. The molecule has 2 rings (SSSR count). The van der Waals surface area contributed by atoms with E-state index < -0.39 is 12.1 Å². The fourth-order valence-corrected chi connectivity index (χ4v) is 2.31. The summed E-state index contributed by atoms with van der Waals surface area (Å²) < 4.78 is 11.2. The van der Waals surface area contributed by atoms with E-state index in [9.17, 15) is 9.59 Å². The fraction of sp³-hybridized carbons (Fsp3) is 0.500. The van der Waals surface area contributed by atoms with Gasteiger partial charge in [0.15, 0.2) is 17.3 Å². The molecule has 1 aliphatic heterocycles. The smallest absolute Gasteiger partial charge is 0.265 e. The third-order valence-corrected chi connectivity index (χ3v) is 3.36. The lowest BCUT2D eigenvalue weighted by molar-refractivity contribution is -0.135. The number of hydrogen-bond acceptors (Lipinski definition) is 4. The molecular weight excluding hydrogens is 270 g/mol. The van der Waals surface area contributed by atoms with Crippen LogP contribution in [0.2, 0.25) is 0 Å². The van der Waals surface area contributed by atoms with E-state index in [4.69, 9.17) is 9.47 Å². The lowest BCUT2D eigenvalue weighted by Crippen LogP contribution is -2.54. The van der Waals surface area contributed by atoms with E-state index in [1.54, 1.807) is 12.1 Å².